The lowest BCUT2D eigenvalue weighted by Crippen LogP contribution is -2.33. The van der Waals surface area contributed by atoms with Crippen LogP contribution in [0.5, 0.6) is 0 Å². The Hall–Kier alpha value is -1.92. The van der Waals surface area contributed by atoms with Crippen LogP contribution < -0.4 is 10.9 Å². The van der Waals surface area contributed by atoms with Crippen LogP contribution in [0.4, 0.5) is 0 Å². The molecule has 6 heteroatoms. The van der Waals surface area contributed by atoms with Crippen LogP contribution in [0.15, 0.2) is 16.2 Å². The molecule has 0 bridgehead atoms. The highest BCUT2D eigenvalue weighted by molar-refractivity contribution is 7.10. The van der Waals surface area contributed by atoms with E-state index < -0.39 is 0 Å². The molecule has 1 aliphatic rings. The molecule has 5 nitrogen and oxygen atoms in total. The summed E-state index contributed by atoms with van der Waals surface area (Å²) in [6.07, 6.45) is 6.15. The van der Waals surface area contributed by atoms with E-state index in [1.54, 1.807) is 11.3 Å². The summed E-state index contributed by atoms with van der Waals surface area (Å²) in [4.78, 5) is 31.7. The number of carbonyl (C=O) groups excluding carboxylic acids is 1. The second-order valence-electron chi connectivity index (χ2n) is 9.31. The third kappa shape index (κ3) is 5.29. The number of hydrogen-bond donors (Lipinski definition) is 2. The van der Waals surface area contributed by atoms with Gasteiger partial charge in [0.05, 0.1) is 5.56 Å². The number of hydrogen-bond acceptors (Lipinski definition) is 4. The average Bonchev–Trinajstić information content (AvgIpc) is 3.09. The van der Waals surface area contributed by atoms with Crippen molar-refractivity contribution >= 4 is 17.2 Å². The SMILES string of the molecule is CCC(c1scc(C(=O)NCc2c(C)cc(C)[nH]c2=O)c1C)[C@H]1CC[C@H](N(C)C)CC1. The van der Waals surface area contributed by atoms with Gasteiger partial charge < -0.3 is 15.2 Å². The smallest absolute Gasteiger partial charge is 0.253 e. The lowest BCUT2D eigenvalue weighted by Gasteiger charge is -2.36. The minimum atomic E-state index is -0.125. The summed E-state index contributed by atoms with van der Waals surface area (Å²) in [5, 5.41) is 4.97. The van der Waals surface area contributed by atoms with Crippen molar-refractivity contribution in [2.24, 2.45) is 5.92 Å². The first kappa shape index (κ1) is 23.7. The normalized spacial score (nSPS) is 20.1. The van der Waals surface area contributed by atoms with Crippen molar-refractivity contribution in [2.45, 2.75) is 78.3 Å². The molecule has 2 N–H and O–H groups in total. The molecule has 1 fully saturated rings. The van der Waals surface area contributed by atoms with E-state index in [1.165, 1.54) is 30.6 Å². The van der Waals surface area contributed by atoms with E-state index in [-0.39, 0.29) is 18.0 Å². The largest absolute Gasteiger partial charge is 0.348 e. The fraction of sp³-hybridized carbons (Fsp3) is 0.600. The number of nitrogens with zero attached hydrogens (tertiary/aromatic N) is 1. The summed E-state index contributed by atoms with van der Waals surface area (Å²) < 4.78 is 0. The highest BCUT2D eigenvalue weighted by atomic mass is 32.1. The summed E-state index contributed by atoms with van der Waals surface area (Å²) in [5.74, 6) is 1.13. The van der Waals surface area contributed by atoms with Crippen LogP contribution in [0.2, 0.25) is 0 Å². The van der Waals surface area contributed by atoms with Crippen LogP contribution >= 0.6 is 11.3 Å². The van der Waals surface area contributed by atoms with E-state index in [2.05, 4.69) is 43.1 Å². The molecule has 1 amide bonds. The molecule has 2 heterocycles. The Bertz CT molecular complexity index is 968. The molecule has 0 aromatic carbocycles. The van der Waals surface area contributed by atoms with E-state index in [0.717, 1.165) is 28.8 Å². The number of thiophene rings is 1. The van der Waals surface area contributed by atoms with Gasteiger partial charge >= 0.3 is 0 Å². The predicted octanol–water partition coefficient (Wildman–Crippen LogP) is 4.91. The van der Waals surface area contributed by atoms with Gasteiger partial charge in [-0.3, -0.25) is 9.59 Å². The lowest BCUT2D eigenvalue weighted by molar-refractivity contribution is 0.0950. The molecule has 1 saturated carbocycles. The second kappa shape index (κ2) is 10.1. The van der Waals surface area contributed by atoms with Crippen molar-refractivity contribution in [1.82, 2.24) is 15.2 Å². The standard InChI is InChI=1S/C25H37N3O2S/c1-7-20(18-8-10-19(11-9-18)28(5)6)23-17(4)22(14-31-23)24(29)26-13-21-15(2)12-16(3)27-25(21)30/h12,14,18-20H,7-11,13H2,1-6H3,(H,26,29)(H,27,30)/t18-,19-,20?. The van der Waals surface area contributed by atoms with Gasteiger partial charge in [-0.05, 0) is 96.0 Å². The van der Waals surface area contributed by atoms with Crippen molar-refractivity contribution in [1.29, 1.82) is 0 Å². The highest BCUT2D eigenvalue weighted by Crippen LogP contribution is 2.42. The zero-order valence-electron chi connectivity index (χ0n) is 19.8. The van der Waals surface area contributed by atoms with E-state index in [1.807, 2.05) is 25.3 Å². The number of H-pyrrole nitrogens is 1. The van der Waals surface area contributed by atoms with Crippen molar-refractivity contribution in [3.63, 3.8) is 0 Å². The number of carbonyl (C=O) groups is 1. The van der Waals surface area contributed by atoms with Crippen molar-refractivity contribution < 1.29 is 4.79 Å². The minimum absolute atomic E-state index is 0.0921. The number of nitrogens with one attached hydrogen (secondary N) is 2. The van der Waals surface area contributed by atoms with E-state index in [0.29, 0.717) is 23.4 Å². The van der Waals surface area contributed by atoms with Gasteiger partial charge in [0.2, 0.25) is 0 Å². The van der Waals surface area contributed by atoms with E-state index in [4.69, 9.17) is 0 Å². The Morgan fingerprint density at radius 3 is 2.48 bits per heavy atom. The van der Waals surface area contributed by atoms with Gasteiger partial charge in [0.15, 0.2) is 0 Å². The van der Waals surface area contributed by atoms with Crippen LogP contribution in [0.3, 0.4) is 0 Å². The Kier molecular flexibility index (Phi) is 7.76. The fourth-order valence-electron chi connectivity index (χ4n) is 5.14. The Morgan fingerprint density at radius 2 is 1.90 bits per heavy atom. The van der Waals surface area contributed by atoms with Crippen LogP contribution in [0, 0.1) is 26.7 Å². The summed E-state index contributed by atoms with van der Waals surface area (Å²) in [6.45, 7) is 8.38. The zero-order chi connectivity index (χ0) is 22.7. The van der Waals surface area contributed by atoms with Crippen molar-refractivity contribution in [3.8, 4) is 0 Å². The van der Waals surface area contributed by atoms with Gasteiger partial charge in [-0.1, -0.05) is 6.92 Å². The van der Waals surface area contributed by atoms with Crippen molar-refractivity contribution in [3.05, 3.63) is 54.6 Å². The Balaban J connectivity index is 1.70. The molecule has 2 aromatic rings. The third-order valence-corrected chi connectivity index (χ3v) is 8.28. The maximum absolute atomic E-state index is 12.9. The number of aromatic nitrogens is 1. The van der Waals surface area contributed by atoms with Gasteiger partial charge in [-0.15, -0.1) is 11.3 Å². The van der Waals surface area contributed by atoms with Gasteiger partial charge in [-0.25, -0.2) is 0 Å². The monoisotopic (exact) mass is 443 g/mol. The molecule has 1 unspecified atom stereocenters. The Morgan fingerprint density at radius 1 is 1.23 bits per heavy atom. The molecule has 0 radical (unpaired) electrons. The minimum Gasteiger partial charge on any atom is -0.348 e. The quantitative estimate of drug-likeness (QED) is 0.639. The first-order valence-electron chi connectivity index (χ1n) is 11.4. The predicted molar refractivity (Wildman–Crippen MR) is 129 cm³/mol. The molecule has 31 heavy (non-hydrogen) atoms. The molecular formula is C25H37N3O2S. The zero-order valence-corrected chi connectivity index (χ0v) is 20.6. The molecule has 0 spiro atoms. The molecule has 0 saturated heterocycles. The summed E-state index contributed by atoms with van der Waals surface area (Å²) in [6, 6.07) is 2.64. The summed E-state index contributed by atoms with van der Waals surface area (Å²) in [7, 11) is 4.37. The molecule has 3 rings (SSSR count). The van der Waals surface area contributed by atoms with Gasteiger partial charge in [0, 0.05) is 34.1 Å². The number of amides is 1. The third-order valence-electron chi connectivity index (χ3n) is 7.06. The van der Waals surface area contributed by atoms with E-state index >= 15 is 0 Å². The molecule has 170 valence electrons. The highest BCUT2D eigenvalue weighted by Gasteiger charge is 2.31. The number of pyridine rings is 1. The van der Waals surface area contributed by atoms with Crippen LogP contribution in [-0.2, 0) is 6.54 Å². The second-order valence-corrected chi connectivity index (χ2v) is 10.2. The van der Waals surface area contributed by atoms with E-state index in [9.17, 15) is 9.59 Å². The number of aromatic amines is 1. The number of aryl methyl sites for hydroxylation is 2. The fourth-order valence-corrected chi connectivity index (χ4v) is 6.49. The Labute approximate surface area is 190 Å². The molecule has 1 aliphatic carbocycles. The molecule has 2 aromatic heterocycles. The first-order valence-corrected chi connectivity index (χ1v) is 12.3. The van der Waals surface area contributed by atoms with Crippen LogP contribution in [0.25, 0.3) is 0 Å². The van der Waals surface area contributed by atoms with Gasteiger partial charge in [0.1, 0.15) is 0 Å². The van der Waals surface area contributed by atoms with Gasteiger partial charge in [0.25, 0.3) is 11.5 Å². The summed E-state index contributed by atoms with van der Waals surface area (Å²) in [5.41, 5.74) is 4.10. The molecule has 1 atom stereocenters. The molecule has 0 aliphatic heterocycles. The number of rotatable bonds is 7. The average molecular weight is 444 g/mol. The molecular weight excluding hydrogens is 406 g/mol. The van der Waals surface area contributed by atoms with Gasteiger partial charge in [-0.2, -0.15) is 0 Å². The maximum atomic E-state index is 12.9. The lowest BCUT2D eigenvalue weighted by atomic mass is 9.75. The maximum Gasteiger partial charge on any atom is 0.253 e. The van der Waals surface area contributed by atoms with Crippen LogP contribution in [-0.4, -0.2) is 35.9 Å². The van der Waals surface area contributed by atoms with Crippen molar-refractivity contribution in [2.75, 3.05) is 14.1 Å². The topological polar surface area (TPSA) is 65.2 Å². The first-order chi connectivity index (χ1) is 14.7. The summed E-state index contributed by atoms with van der Waals surface area (Å²) >= 11 is 1.73. The van der Waals surface area contributed by atoms with Crippen LogP contribution in [0.1, 0.15) is 82.6 Å².